The van der Waals surface area contributed by atoms with Crippen molar-refractivity contribution in [1.29, 1.82) is 0 Å². The molecule has 2 heterocycles. The third-order valence-electron chi connectivity index (χ3n) is 3.79. The van der Waals surface area contributed by atoms with E-state index in [1.54, 1.807) is 12.5 Å². The molecule has 2 aromatic heterocycles. The quantitative estimate of drug-likeness (QED) is 0.473. The van der Waals surface area contributed by atoms with Gasteiger partial charge in [-0.1, -0.05) is 18.2 Å². The fraction of sp³-hybridized carbons (Fsp3) is 0.238. The Morgan fingerprint density at radius 2 is 2.07 bits per heavy atom. The van der Waals surface area contributed by atoms with Gasteiger partial charge in [0.2, 0.25) is 0 Å². The summed E-state index contributed by atoms with van der Waals surface area (Å²) in [6.45, 7) is 4.41. The normalized spacial score (nSPS) is 11.2. The van der Waals surface area contributed by atoms with E-state index >= 15 is 0 Å². The van der Waals surface area contributed by atoms with Crippen molar-refractivity contribution in [1.82, 2.24) is 15.6 Å². The molecule has 0 saturated carbocycles. The van der Waals surface area contributed by atoms with Gasteiger partial charge >= 0.3 is 0 Å². The Hall–Kier alpha value is -3.28. The number of pyridine rings is 1. The van der Waals surface area contributed by atoms with Crippen LogP contribution in [0.25, 0.3) is 0 Å². The summed E-state index contributed by atoms with van der Waals surface area (Å²) in [6, 6.07) is 17.5. The number of aliphatic imine (C=N–C) groups is 1. The lowest BCUT2D eigenvalue weighted by atomic mass is 10.2. The van der Waals surface area contributed by atoms with Crippen LogP contribution in [0.3, 0.4) is 0 Å². The Morgan fingerprint density at radius 1 is 1.11 bits per heavy atom. The minimum atomic E-state index is 0.445. The molecule has 2 N–H and O–H groups in total. The van der Waals surface area contributed by atoms with E-state index in [2.05, 4.69) is 20.6 Å². The number of benzene rings is 1. The van der Waals surface area contributed by atoms with E-state index in [1.165, 1.54) is 0 Å². The molecule has 0 aliphatic rings. The largest absolute Gasteiger partial charge is 0.487 e. The van der Waals surface area contributed by atoms with Crippen LogP contribution in [0.2, 0.25) is 0 Å². The first-order valence-corrected chi connectivity index (χ1v) is 8.99. The van der Waals surface area contributed by atoms with Crippen LogP contribution in [-0.4, -0.2) is 17.5 Å². The highest BCUT2D eigenvalue weighted by molar-refractivity contribution is 5.79. The number of rotatable bonds is 8. The molecule has 3 aromatic rings. The average Bonchev–Trinajstić information content (AvgIpc) is 3.23. The molecule has 0 spiro atoms. The van der Waals surface area contributed by atoms with Gasteiger partial charge in [-0.15, -0.1) is 0 Å². The van der Waals surface area contributed by atoms with E-state index in [0.29, 0.717) is 19.7 Å². The zero-order valence-electron chi connectivity index (χ0n) is 15.4. The molecule has 0 aliphatic heterocycles. The van der Waals surface area contributed by atoms with Crippen molar-refractivity contribution < 1.29 is 9.15 Å². The van der Waals surface area contributed by atoms with Crippen molar-refractivity contribution in [3.8, 4) is 5.75 Å². The third-order valence-corrected chi connectivity index (χ3v) is 3.79. The highest BCUT2D eigenvalue weighted by Crippen LogP contribution is 2.15. The number of guanidine groups is 1. The van der Waals surface area contributed by atoms with Crippen LogP contribution in [0.1, 0.15) is 23.9 Å². The molecule has 27 heavy (non-hydrogen) atoms. The standard InChI is InChI=1S/C21H24N4O2/c1-2-22-21(25-15-20-10-6-12-26-20)24-14-17-7-5-9-19(13-17)27-16-18-8-3-4-11-23-18/h3-13H,2,14-16H2,1H3,(H2,22,24,25). The molecule has 0 bridgehead atoms. The van der Waals surface area contributed by atoms with E-state index in [0.717, 1.165) is 35.3 Å². The van der Waals surface area contributed by atoms with Crippen molar-refractivity contribution in [3.63, 3.8) is 0 Å². The van der Waals surface area contributed by atoms with Gasteiger partial charge in [0.05, 0.1) is 25.0 Å². The molecule has 0 saturated heterocycles. The van der Waals surface area contributed by atoms with Gasteiger partial charge in [0.15, 0.2) is 5.96 Å². The first-order chi connectivity index (χ1) is 13.3. The van der Waals surface area contributed by atoms with Crippen LogP contribution in [0, 0.1) is 0 Å². The van der Waals surface area contributed by atoms with Crippen LogP contribution in [0.4, 0.5) is 0 Å². The van der Waals surface area contributed by atoms with Gasteiger partial charge in [-0.05, 0) is 48.9 Å². The summed E-state index contributed by atoms with van der Waals surface area (Å²) in [5.41, 5.74) is 1.97. The van der Waals surface area contributed by atoms with Gasteiger partial charge in [-0.2, -0.15) is 0 Å². The predicted molar refractivity (Wildman–Crippen MR) is 105 cm³/mol. The summed E-state index contributed by atoms with van der Waals surface area (Å²) in [4.78, 5) is 8.89. The van der Waals surface area contributed by atoms with Crippen LogP contribution in [-0.2, 0) is 19.7 Å². The molecular weight excluding hydrogens is 340 g/mol. The molecular formula is C21H24N4O2. The first-order valence-electron chi connectivity index (χ1n) is 8.99. The van der Waals surface area contributed by atoms with Crippen LogP contribution in [0.15, 0.2) is 76.5 Å². The maximum atomic E-state index is 5.83. The maximum Gasteiger partial charge on any atom is 0.191 e. The van der Waals surface area contributed by atoms with Crippen molar-refractivity contribution >= 4 is 5.96 Å². The van der Waals surface area contributed by atoms with E-state index in [9.17, 15) is 0 Å². The fourth-order valence-electron chi connectivity index (χ4n) is 2.47. The van der Waals surface area contributed by atoms with E-state index in [4.69, 9.17) is 9.15 Å². The summed E-state index contributed by atoms with van der Waals surface area (Å²) in [5.74, 6) is 2.42. The smallest absolute Gasteiger partial charge is 0.191 e. The number of furan rings is 1. The van der Waals surface area contributed by atoms with Crippen molar-refractivity contribution in [2.75, 3.05) is 6.54 Å². The summed E-state index contributed by atoms with van der Waals surface area (Å²) in [5, 5.41) is 6.49. The van der Waals surface area contributed by atoms with Crippen molar-refractivity contribution in [2.24, 2.45) is 4.99 Å². The zero-order valence-corrected chi connectivity index (χ0v) is 15.4. The minimum Gasteiger partial charge on any atom is -0.487 e. The Morgan fingerprint density at radius 3 is 2.85 bits per heavy atom. The summed E-state index contributed by atoms with van der Waals surface area (Å²) in [6.07, 6.45) is 3.43. The molecule has 0 unspecified atom stereocenters. The van der Waals surface area contributed by atoms with Crippen molar-refractivity contribution in [3.05, 3.63) is 84.1 Å². The molecule has 0 amide bonds. The number of nitrogens with one attached hydrogen (secondary N) is 2. The van der Waals surface area contributed by atoms with Crippen LogP contribution in [0.5, 0.6) is 5.75 Å². The van der Waals surface area contributed by atoms with Gasteiger partial charge in [0, 0.05) is 12.7 Å². The molecule has 0 fully saturated rings. The Balaban J connectivity index is 1.57. The first kappa shape index (κ1) is 18.5. The van der Waals surface area contributed by atoms with Gasteiger partial charge in [-0.3, -0.25) is 4.98 Å². The highest BCUT2D eigenvalue weighted by atomic mass is 16.5. The molecule has 0 radical (unpaired) electrons. The Bertz CT molecular complexity index is 832. The van der Waals surface area contributed by atoms with Gasteiger partial charge in [0.1, 0.15) is 18.1 Å². The Labute approximate surface area is 159 Å². The predicted octanol–water partition coefficient (Wildman–Crippen LogP) is 3.51. The van der Waals surface area contributed by atoms with Gasteiger partial charge < -0.3 is 19.8 Å². The summed E-state index contributed by atoms with van der Waals surface area (Å²) >= 11 is 0. The molecule has 140 valence electrons. The molecule has 6 nitrogen and oxygen atoms in total. The number of hydrogen-bond acceptors (Lipinski definition) is 4. The van der Waals surface area contributed by atoms with Gasteiger partial charge in [0.25, 0.3) is 0 Å². The lowest BCUT2D eigenvalue weighted by Gasteiger charge is -2.11. The number of nitrogens with zero attached hydrogens (tertiary/aromatic N) is 2. The SMILES string of the molecule is CCNC(=NCc1cccc(OCc2ccccn2)c1)NCc1ccco1. The second-order valence-electron chi connectivity index (χ2n) is 5.89. The zero-order chi connectivity index (χ0) is 18.7. The topological polar surface area (TPSA) is 71.7 Å². The van der Waals surface area contributed by atoms with E-state index in [-0.39, 0.29) is 0 Å². The number of hydrogen-bond donors (Lipinski definition) is 2. The fourth-order valence-corrected chi connectivity index (χ4v) is 2.47. The summed E-state index contributed by atoms with van der Waals surface area (Å²) < 4.78 is 11.2. The molecule has 6 heteroatoms. The molecule has 0 aliphatic carbocycles. The number of ether oxygens (including phenoxy) is 1. The van der Waals surface area contributed by atoms with E-state index in [1.807, 2.05) is 61.5 Å². The third kappa shape index (κ3) is 6.18. The van der Waals surface area contributed by atoms with Crippen LogP contribution < -0.4 is 15.4 Å². The lowest BCUT2D eigenvalue weighted by molar-refractivity contribution is 0.301. The second-order valence-corrected chi connectivity index (χ2v) is 5.89. The van der Waals surface area contributed by atoms with E-state index < -0.39 is 0 Å². The summed E-state index contributed by atoms with van der Waals surface area (Å²) in [7, 11) is 0. The molecule has 0 atom stereocenters. The van der Waals surface area contributed by atoms with Gasteiger partial charge in [-0.25, -0.2) is 4.99 Å². The monoisotopic (exact) mass is 364 g/mol. The number of aromatic nitrogens is 1. The van der Waals surface area contributed by atoms with Crippen molar-refractivity contribution in [2.45, 2.75) is 26.6 Å². The lowest BCUT2D eigenvalue weighted by Crippen LogP contribution is -2.36. The minimum absolute atomic E-state index is 0.445. The Kier molecular flexibility index (Phi) is 6.86. The molecule has 3 rings (SSSR count). The highest BCUT2D eigenvalue weighted by Gasteiger charge is 2.02. The maximum absolute atomic E-state index is 5.83. The van der Waals surface area contributed by atoms with Crippen LogP contribution >= 0.6 is 0 Å². The molecule has 1 aromatic carbocycles. The average molecular weight is 364 g/mol. The second kappa shape index (κ2) is 10.0.